The summed E-state index contributed by atoms with van der Waals surface area (Å²) in [5, 5.41) is 0. The first-order chi connectivity index (χ1) is 12.2. The number of benzene rings is 2. The van der Waals surface area contributed by atoms with Crippen LogP contribution in [-0.4, -0.2) is 23.9 Å². The molecule has 2 aromatic carbocycles. The molecular weight excluding hydrogens is 313 g/mol. The van der Waals surface area contributed by atoms with Gasteiger partial charge in [0, 0.05) is 19.0 Å². The number of hydrogen-bond donors (Lipinski definition) is 0. The second kappa shape index (κ2) is 6.99. The topological polar surface area (TPSA) is 20.3 Å². The van der Waals surface area contributed by atoms with Crippen molar-refractivity contribution in [2.75, 3.05) is 13.1 Å². The van der Waals surface area contributed by atoms with E-state index in [1.54, 1.807) is 0 Å². The maximum atomic E-state index is 13.0. The van der Waals surface area contributed by atoms with Crippen LogP contribution >= 0.6 is 0 Å². The number of carbonyl (C=O) groups excluding carboxylic acids is 1. The minimum atomic E-state index is -0.215. The number of likely N-dealkylation sites (tertiary alicyclic amines) is 1. The molecule has 2 atom stereocenters. The number of halogens is 1. The van der Waals surface area contributed by atoms with Crippen molar-refractivity contribution in [3.05, 3.63) is 71.5 Å². The molecule has 1 aliphatic heterocycles. The molecule has 2 aliphatic rings. The fourth-order valence-corrected chi connectivity index (χ4v) is 4.09. The maximum Gasteiger partial charge on any atom is 0.226 e. The predicted octanol–water partition coefficient (Wildman–Crippen LogP) is 4.41. The molecule has 0 spiro atoms. The molecule has 0 radical (unpaired) electrons. The molecule has 1 aliphatic carbocycles. The average Bonchev–Trinajstić information content (AvgIpc) is 3.44. The number of rotatable bonds is 4. The summed E-state index contributed by atoms with van der Waals surface area (Å²) in [7, 11) is 0. The Morgan fingerprint density at radius 2 is 1.68 bits per heavy atom. The molecule has 2 unspecified atom stereocenters. The van der Waals surface area contributed by atoms with Gasteiger partial charge in [0.05, 0.1) is 0 Å². The Morgan fingerprint density at radius 1 is 1.00 bits per heavy atom. The van der Waals surface area contributed by atoms with Gasteiger partial charge in [0.25, 0.3) is 0 Å². The van der Waals surface area contributed by atoms with Crippen LogP contribution in [0.5, 0.6) is 0 Å². The highest BCUT2D eigenvalue weighted by Crippen LogP contribution is 2.48. The minimum Gasteiger partial charge on any atom is -0.342 e. The lowest BCUT2D eigenvalue weighted by atomic mass is 9.90. The number of amides is 1. The molecule has 1 amide bonds. The molecule has 0 N–H and O–H groups in total. The molecule has 4 rings (SSSR count). The molecule has 130 valence electrons. The average molecular weight is 337 g/mol. The van der Waals surface area contributed by atoms with Crippen molar-refractivity contribution in [3.8, 4) is 0 Å². The van der Waals surface area contributed by atoms with Gasteiger partial charge in [-0.25, -0.2) is 4.39 Å². The van der Waals surface area contributed by atoms with E-state index in [4.69, 9.17) is 0 Å². The molecule has 3 heteroatoms. The van der Waals surface area contributed by atoms with E-state index >= 15 is 0 Å². The largest absolute Gasteiger partial charge is 0.342 e. The zero-order valence-electron chi connectivity index (χ0n) is 14.4. The first kappa shape index (κ1) is 16.3. The summed E-state index contributed by atoms with van der Waals surface area (Å²) in [5.74, 6) is 1.16. The Labute approximate surface area is 148 Å². The molecule has 0 aromatic heterocycles. The van der Waals surface area contributed by atoms with Crippen LogP contribution in [0, 0.1) is 17.7 Å². The zero-order chi connectivity index (χ0) is 17.2. The molecule has 1 heterocycles. The second-order valence-corrected chi connectivity index (χ2v) is 7.46. The van der Waals surface area contributed by atoms with Gasteiger partial charge in [0.2, 0.25) is 5.91 Å². The molecule has 25 heavy (non-hydrogen) atoms. The smallest absolute Gasteiger partial charge is 0.226 e. The first-order valence-electron chi connectivity index (χ1n) is 9.29. The van der Waals surface area contributed by atoms with E-state index in [2.05, 4.69) is 35.2 Å². The summed E-state index contributed by atoms with van der Waals surface area (Å²) in [4.78, 5) is 14.8. The molecule has 2 aromatic rings. The van der Waals surface area contributed by atoms with Gasteiger partial charge in [0.15, 0.2) is 0 Å². The first-order valence-corrected chi connectivity index (χ1v) is 9.29. The Morgan fingerprint density at radius 3 is 2.36 bits per heavy atom. The van der Waals surface area contributed by atoms with Gasteiger partial charge in [-0.2, -0.15) is 0 Å². The van der Waals surface area contributed by atoms with Crippen molar-refractivity contribution in [2.45, 2.75) is 31.6 Å². The number of carbonyl (C=O) groups is 1. The highest BCUT2D eigenvalue weighted by atomic mass is 19.1. The summed E-state index contributed by atoms with van der Waals surface area (Å²) in [6, 6.07) is 17.2. The van der Waals surface area contributed by atoms with Crippen LogP contribution in [0.25, 0.3) is 0 Å². The van der Waals surface area contributed by atoms with Crippen LogP contribution in [0.2, 0.25) is 0 Å². The third-order valence-electron chi connectivity index (χ3n) is 5.70. The third-order valence-corrected chi connectivity index (χ3v) is 5.70. The predicted molar refractivity (Wildman–Crippen MR) is 96.7 cm³/mol. The van der Waals surface area contributed by atoms with E-state index in [0.717, 1.165) is 44.3 Å². The van der Waals surface area contributed by atoms with Gasteiger partial charge in [-0.3, -0.25) is 4.79 Å². The lowest BCUT2D eigenvalue weighted by molar-refractivity contribution is -0.134. The molecule has 0 bridgehead atoms. The highest BCUT2D eigenvalue weighted by Gasteiger charge is 2.46. The Hall–Kier alpha value is -2.16. The van der Waals surface area contributed by atoms with Crippen molar-refractivity contribution in [2.24, 2.45) is 11.8 Å². The van der Waals surface area contributed by atoms with Crippen LogP contribution in [0.15, 0.2) is 54.6 Å². The van der Waals surface area contributed by atoms with Gasteiger partial charge >= 0.3 is 0 Å². The van der Waals surface area contributed by atoms with E-state index in [9.17, 15) is 9.18 Å². The molecule has 2 nitrogen and oxygen atoms in total. The summed E-state index contributed by atoms with van der Waals surface area (Å²) < 4.78 is 13.0. The van der Waals surface area contributed by atoms with Crippen molar-refractivity contribution in [1.82, 2.24) is 4.90 Å². The quantitative estimate of drug-likeness (QED) is 0.809. The van der Waals surface area contributed by atoms with Crippen molar-refractivity contribution < 1.29 is 9.18 Å². The standard InChI is InChI=1S/C22H24FNO/c23-19-8-6-18(7-9-19)20-15-21(20)22(25)24-12-10-17(11-13-24)14-16-4-2-1-3-5-16/h1-9,17,20-21H,10-15H2. The van der Waals surface area contributed by atoms with E-state index in [1.807, 2.05) is 12.1 Å². The maximum absolute atomic E-state index is 13.0. The van der Waals surface area contributed by atoms with Crippen LogP contribution < -0.4 is 0 Å². The van der Waals surface area contributed by atoms with Gasteiger partial charge < -0.3 is 4.90 Å². The van der Waals surface area contributed by atoms with Crippen LogP contribution in [0.3, 0.4) is 0 Å². The molecule has 2 fully saturated rings. The Bertz CT molecular complexity index is 719. The lowest BCUT2D eigenvalue weighted by Gasteiger charge is -2.32. The van der Waals surface area contributed by atoms with Gasteiger partial charge in [-0.1, -0.05) is 42.5 Å². The van der Waals surface area contributed by atoms with Gasteiger partial charge in [0.1, 0.15) is 5.82 Å². The second-order valence-electron chi connectivity index (χ2n) is 7.46. The van der Waals surface area contributed by atoms with Gasteiger partial charge in [-0.15, -0.1) is 0 Å². The van der Waals surface area contributed by atoms with Crippen molar-refractivity contribution in [3.63, 3.8) is 0 Å². The van der Waals surface area contributed by atoms with Crippen molar-refractivity contribution >= 4 is 5.91 Å². The summed E-state index contributed by atoms with van der Waals surface area (Å²) in [5.41, 5.74) is 2.49. The van der Waals surface area contributed by atoms with Crippen LogP contribution in [-0.2, 0) is 11.2 Å². The lowest BCUT2D eigenvalue weighted by Crippen LogP contribution is -2.40. The van der Waals surface area contributed by atoms with Crippen molar-refractivity contribution in [1.29, 1.82) is 0 Å². The van der Waals surface area contributed by atoms with Crippen LogP contribution in [0.4, 0.5) is 4.39 Å². The number of piperidine rings is 1. The van der Waals surface area contributed by atoms with E-state index in [1.165, 1.54) is 17.7 Å². The summed E-state index contributed by atoms with van der Waals surface area (Å²) >= 11 is 0. The molecular formula is C22H24FNO. The Balaban J connectivity index is 1.28. The Kier molecular flexibility index (Phi) is 4.56. The molecule has 1 saturated heterocycles. The van der Waals surface area contributed by atoms with E-state index in [0.29, 0.717) is 11.8 Å². The third kappa shape index (κ3) is 3.76. The fraction of sp³-hybridized carbons (Fsp3) is 0.409. The number of nitrogens with zero attached hydrogens (tertiary/aromatic N) is 1. The monoisotopic (exact) mass is 337 g/mol. The fourth-order valence-electron chi connectivity index (χ4n) is 4.09. The van der Waals surface area contributed by atoms with Gasteiger partial charge in [-0.05, 0) is 60.8 Å². The van der Waals surface area contributed by atoms with Crippen LogP contribution in [0.1, 0.15) is 36.3 Å². The molecule has 1 saturated carbocycles. The minimum absolute atomic E-state index is 0.108. The highest BCUT2D eigenvalue weighted by molar-refractivity contribution is 5.83. The SMILES string of the molecule is O=C(C1CC1c1ccc(F)cc1)N1CCC(Cc2ccccc2)CC1. The van der Waals surface area contributed by atoms with E-state index in [-0.39, 0.29) is 17.7 Å². The summed E-state index contributed by atoms with van der Waals surface area (Å²) in [6.07, 6.45) is 4.21. The number of hydrogen-bond acceptors (Lipinski definition) is 1. The normalized spacial score (nSPS) is 23.5. The summed E-state index contributed by atoms with van der Waals surface area (Å²) in [6.45, 7) is 1.76. The zero-order valence-corrected chi connectivity index (χ0v) is 14.4. The van der Waals surface area contributed by atoms with E-state index < -0.39 is 0 Å².